The van der Waals surface area contributed by atoms with Crippen molar-refractivity contribution in [2.24, 2.45) is 5.92 Å². The topological polar surface area (TPSA) is 42.9 Å². The van der Waals surface area contributed by atoms with Crippen LogP contribution in [0.4, 0.5) is 0 Å². The Kier molecular flexibility index (Phi) is 12.2. The number of carbonyl (C=O) groups is 1. The van der Waals surface area contributed by atoms with Crippen LogP contribution in [-0.2, 0) is 9.53 Å². The SMILES string of the molecule is CCCCCCCCCCCCCC(=O)OC(C)(C)C1CC[NH2+]CC1. The third-order valence-electron chi connectivity index (χ3n) is 5.78. The number of quaternary nitrogens is 1. The van der Waals surface area contributed by atoms with Crippen molar-refractivity contribution in [1.82, 2.24) is 0 Å². The molecule has 0 aromatic carbocycles. The molecular formula is C22H44NO2+. The maximum atomic E-state index is 12.1. The molecule has 0 radical (unpaired) electrons. The highest BCUT2D eigenvalue weighted by Gasteiger charge is 2.35. The zero-order valence-corrected chi connectivity index (χ0v) is 17.3. The average Bonchev–Trinajstić information content (AvgIpc) is 2.60. The molecule has 3 nitrogen and oxygen atoms in total. The van der Waals surface area contributed by atoms with Crippen LogP contribution in [0.5, 0.6) is 0 Å². The normalized spacial score (nSPS) is 16.1. The van der Waals surface area contributed by atoms with E-state index in [0.717, 1.165) is 6.42 Å². The van der Waals surface area contributed by atoms with Crippen LogP contribution in [0.15, 0.2) is 0 Å². The van der Waals surface area contributed by atoms with Gasteiger partial charge in [0.05, 0.1) is 13.1 Å². The van der Waals surface area contributed by atoms with Crippen LogP contribution in [0.3, 0.4) is 0 Å². The third-order valence-corrected chi connectivity index (χ3v) is 5.78. The van der Waals surface area contributed by atoms with Gasteiger partial charge in [0.2, 0.25) is 0 Å². The molecule has 148 valence electrons. The lowest BCUT2D eigenvalue weighted by molar-refractivity contribution is -0.665. The van der Waals surface area contributed by atoms with Crippen LogP contribution < -0.4 is 5.32 Å². The first-order valence-electron chi connectivity index (χ1n) is 11.1. The summed E-state index contributed by atoms with van der Waals surface area (Å²) in [5.74, 6) is 0.536. The van der Waals surface area contributed by atoms with Crippen molar-refractivity contribution < 1.29 is 14.8 Å². The fourth-order valence-corrected chi connectivity index (χ4v) is 3.98. The van der Waals surface area contributed by atoms with E-state index >= 15 is 0 Å². The summed E-state index contributed by atoms with van der Waals surface area (Å²) < 4.78 is 5.82. The lowest BCUT2D eigenvalue weighted by Gasteiger charge is -2.35. The lowest BCUT2D eigenvalue weighted by Crippen LogP contribution is -2.86. The van der Waals surface area contributed by atoms with Crippen LogP contribution >= 0.6 is 0 Å². The predicted molar refractivity (Wildman–Crippen MR) is 106 cm³/mol. The summed E-state index contributed by atoms with van der Waals surface area (Å²) in [5.41, 5.74) is -0.289. The van der Waals surface area contributed by atoms with Gasteiger partial charge in [0.15, 0.2) is 0 Å². The van der Waals surface area contributed by atoms with Gasteiger partial charge in [0.25, 0.3) is 0 Å². The van der Waals surface area contributed by atoms with Gasteiger partial charge in [-0.3, -0.25) is 4.79 Å². The number of carbonyl (C=O) groups excluding carboxylic acids is 1. The van der Waals surface area contributed by atoms with Crippen molar-refractivity contribution >= 4 is 5.97 Å². The van der Waals surface area contributed by atoms with E-state index in [9.17, 15) is 4.79 Å². The third kappa shape index (κ3) is 10.9. The van der Waals surface area contributed by atoms with Gasteiger partial charge in [-0.1, -0.05) is 71.1 Å². The van der Waals surface area contributed by atoms with Crippen molar-refractivity contribution in [3.8, 4) is 0 Å². The maximum absolute atomic E-state index is 12.1. The smallest absolute Gasteiger partial charge is 0.306 e. The highest BCUT2D eigenvalue weighted by atomic mass is 16.6. The van der Waals surface area contributed by atoms with E-state index in [1.807, 2.05) is 0 Å². The summed E-state index contributed by atoms with van der Waals surface area (Å²) in [7, 11) is 0. The van der Waals surface area contributed by atoms with E-state index in [2.05, 4.69) is 26.1 Å². The van der Waals surface area contributed by atoms with Crippen molar-refractivity contribution in [3.63, 3.8) is 0 Å². The molecule has 1 rings (SSSR count). The molecule has 0 spiro atoms. The van der Waals surface area contributed by atoms with E-state index < -0.39 is 0 Å². The van der Waals surface area contributed by atoms with Gasteiger partial charge in [-0.05, 0) is 20.3 Å². The maximum Gasteiger partial charge on any atom is 0.306 e. The average molecular weight is 355 g/mol. The monoisotopic (exact) mass is 354 g/mol. The minimum Gasteiger partial charge on any atom is -0.459 e. The minimum absolute atomic E-state index is 0.00970. The molecule has 3 heteroatoms. The fourth-order valence-electron chi connectivity index (χ4n) is 3.98. The first-order valence-corrected chi connectivity index (χ1v) is 11.1. The number of hydrogen-bond donors (Lipinski definition) is 1. The summed E-state index contributed by atoms with van der Waals surface area (Å²) in [6.45, 7) is 8.81. The molecule has 25 heavy (non-hydrogen) atoms. The van der Waals surface area contributed by atoms with Gasteiger partial charge in [0, 0.05) is 25.2 Å². The van der Waals surface area contributed by atoms with Gasteiger partial charge in [-0.2, -0.15) is 0 Å². The molecule has 0 bridgehead atoms. The van der Waals surface area contributed by atoms with Crippen LogP contribution in [0.1, 0.15) is 111 Å². The van der Waals surface area contributed by atoms with Crippen LogP contribution in [0, 0.1) is 5.92 Å². The van der Waals surface area contributed by atoms with Crippen molar-refractivity contribution in [2.75, 3.05) is 13.1 Å². The Morgan fingerprint density at radius 1 is 0.880 bits per heavy atom. The molecule has 0 aromatic rings. The molecule has 1 fully saturated rings. The zero-order chi connectivity index (χ0) is 18.4. The summed E-state index contributed by atoms with van der Waals surface area (Å²) in [4.78, 5) is 12.1. The molecule has 0 atom stereocenters. The number of nitrogens with two attached hydrogens (primary N) is 1. The molecule has 0 saturated carbocycles. The number of ether oxygens (including phenoxy) is 1. The fraction of sp³-hybridized carbons (Fsp3) is 0.955. The molecule has 0 aliphatic carbocycles. The van der Waals surface area contributed by atoms with Gasteiger partial charge in [-0.15, -0.1) is 0 Å². The first kappa shape index (κ1) is 22.5. The zero-order valence-electron chi connectivity index (χ0n) is 17.3. The van der Waals surface area contributed by atoms with Crippen LogP contribution in [0.2, 0.25) is 0 Å². The van der Waals surface area contributed by atoms with Gasteiger partial charge in [0.1, 0.15) is 5.60 Å². The van der Waals surface area contributed by atoms with E-state index in [0.29, 0.717) is 12.3 Å². The summed E-state index contributed by atoms with van der Waals surface area (Å²) in [6.07, 6.45) is 17.4. The summed E-state index contributed by atoms with van der Waals surface area (Å²) in [5, 5.41) is 2.36. The Morgan fingerprint density at radius 3 is 1.88 bits per heavy atom. The quantitative estimate of drug-likeness (QED) is 0.353. The van der Waals surface area contributed by atoms with Crippen LogP contribution in [0.25, 0.3) is 0 Å². The van der Waals surface area contributed by atoms with Gasteiger partial charge in [-0.25, -0.2) is 0 Å². The Labute approximate surface area is 156 Å². The number of unbranched alkanes of at least 4 members (excludes halogenated alkanes) is 10. The van der Waals surface area contributed by atoms with E-state index in [1.54, 1.807) is 0 Å². The summed E-state index contributed by atoms with van der Waals surface area (Å²) in [6, 6.07) is 0. The Bertz CT molecular complexity index is 335. The minimum atomic E-state index is -0.289. The van der Waals surface area contributed by atoms with Crippen LogP contribution in [-0.4, -0.2) is 24.7 Å². The number of hydrogen-bond acceptors (Lipinski definition) is 2. The Hall–Kier alpha value is -0.570. The second kappa shape index (κ2) is 13.6. The highest BCUT2D eigenvalue weighted by Crippen LogP contribution is 2.28. The second-order valence-corrected chi connectivity index (χ2v) is 8.50. The van der Waals surface area contributed by atoms with Gasteiger partial charge < -0.3 is 10.1 Å². The number of esters is 1. The predicted octanol–water partition coefficient (Wildman–Crippen LogP) is 4.98. The standard InChI is InChI=1S/C22H43NO2/c1-4-5-6-7-8-9-10-11-12-13-14-15-21(24)25-22(2,3)20-16-18-23-19-17-20/h20,23H,4-19H2,1-3H3/p+1. The first-order chi connectivity index (χ1) is 12.1. The van der Waals surface area contributed by atoms with Gasteiger partial charge >= 0.3 is 5.97 Å². The molecule has 2 N–H and O–H groups in total. The van der Waals surface area contributed by atoms with E-state index in [4.69, 9.17) is 4.74 Å². The molecule has 0 amide bonds. The molecule has 0 unspecified atom stereocenters. The molecule has 1 saturated heterocycles. The molecule has 1 aliphatic heterocycles. The molecule has 1 aliphatic rings. The van der Waals surface area contributed by atoms with Crippen molar-refractivity contribution in [3.05, 3.63) is 0 Å². The van der Waals surface area contributed by atoms with Crippen molar-refractivity contribution in [1.29, 1.82) is 0 Å². The van der Waals surface area contributed by atoms with Crippen molar-refractivity contribution in [2.45, 2.75) is 116 Å². The molecular weight excluding hydrogens is 310 g/mol. The molecule has 1 heterocycles. The largest absolute Gasteiger partial charge is 0.459 e. The van der Waals surface area contributed by atoms with E-state index in [-0.39, 0.29) is 11.6 Å². The lowest BCUT2D eigenvalue weighted by atomic mass is 9.83. The summed E-state index contributed by atoms with van der Waals surface area (Å²) >= 11 is 0. The second-order valence-electron chi connectivity index (χ2n) is 8.50. The Balaban J connectivity index is 1.96. The van der Waals surface area contributed by atoms with E-state index in [1.165, 1.54) is 90.1 Å². The number of rotatable bonds is 14. The highest BCUT2D eigenvalue weighted by molar-refractivity contribution is 5.69. The number of piperidine rings is 1. The Morgan fingerprint density at radius 2 is 1.36 bits per heavy atom. The molecule has 0 aromatic heterocycles.